The summed E-state index contributed by atoms with van der Waals surface area (Å²) in [5.41, 5.74) is 1.56. The van der Waals surface area contributed by atoms with Crippen molar-refractivity contribution in [3.63, 3.8) is 0 Å². The molecule has 1 aromatic heterocycles. The zero-order chi connectivity index (χ0) is 18.9. The van der Waals surface area contributed by atoms with Gasteiger partial charge in [0.25, 0.3) is 5.91 Å². The Morgan fingerprint density at radius 3 is 2.46 bits per heavy atom. The normalized spacial score (nSPS) is 10.3. The van der Waals surface area contributed by atoms with Gasteiger partial charge in [0.1, 0.15) is 5.82 Å². The molecule has 0 fully saturated rings. The number of hydrogen-bond donors (Lipinski definition) is 1. The zero-order valence-corrected chi connectivity index (χ0v) is 15.5. The largest absolute Gasteiger partial charge is 0.465 e. The van der Waals surface area contributed by atoms with Crippen LogP contribution in [-0.2, 0) is 4.74 Å². The number of carbonyl (C=O) groups excluding carboxylic acids is 2. The number of anilines is 2. The zero-order valence-electron chi connectivity index (χ0n) is 15.5. The molecule has 0 atom stereocenters. The van der Waals surface area contributed by atoms with E-state index in [9.17, 15) is 9.59 Å². The van der Waals surface area contributed by atoms with Crippen LogP contribution in [0.15, 0.2) is 42.6 Å². The summed E-state index contributed by atoms with van der Waals surface area (Å²) in [6.45, 7) is 5.56. The molecule has 1 N–H and O–H groups in total. The summed E-state index contributed by atoms with van der Waals surface area (Å²) in [5.74, 6) is 0.0537. The van der Waals surface area contributed by atoms with Crippen LogP contribution in [0.2, 0.25) is 0 Å². The highest BCUT2D eigenvalue weighted by Gasteiger charge is 2.16. The first kappa shape index (κ1) is 19.4. The fraction of sp³-hybridized carbons (Fsp3) is 0.350. The van der Waals surface area contributed by atoms with Gasteiger partial charge in [0.05, 0.1) is 18.4 Å². The van der Waals surface area contributed by atoms with E-state index in [-0.39, 0.29) is 5.91 Å². The molecule has 0 radical (unpaired) electrons. The van der Waals surface area contributed by atoms with E-state index in [0.717, 1.165) is 25.9 Å². The molecule has 0 aliphatic rings. The van der Waals surface area contributed by atoms with Crippen LogP contribution < -0.4 is 5.32 Å². The molecule has 1 aromatic carbocycles. The smallest absolute Gasteiger partial charge is 0.339 e. The third-order valence-corrected chi connectivity index (χ3v) is 3.88. The summed E-state index contributed by atoms with van der Waals surface area (Å²) in [6.07, 6.45) is 3.41. The molecule has 138 valence electrons. The van der Waals surface area contributed by atoms with Crippen LogP contribution >= 0.6 is 0 Å². The number of carbonyl (C=O) groups is 2. The van der Waals surface area contributed by atoms with Gasteiger partial charge in [0, 0.05) is 24.8 Å². The van der Waals surface area contributed by atoms with Gasteiger partial charge in [0.2, 0.25) is 0 Å². The Bertz CT molecular complexity index is 755. The van der Waals surface area contributed by atoms with E-state index in [0.29, 0.717) is 22.6 Å². The fourth-order valence-corrected chi connectivity index (χ4v) is 2.69. The maximum atomic E-state index is 12.7. The predicted octanol–water partition coefficient (Wildman–Crippen LogP) is 3.87. The number of para-hydroxylation sites is 1. The van der Waals surface area contributed by atoms with Crippen molar-refractivity contribution in [2.75, 3.05) is 25.5 Å². The number of nitrogens with one attached hydrogen (secondary N) is 1. The molecule has 0 aliphatic carbocycles. The molecular formula is C20H25N3O3. The first-order chi connectivity index (χ1) is 12.6. The molecule has 1 heterocycles. The standard InChI is InChI=1S/C20H25N3O3/c1-4-12-23(13-5-2)19(24)15-10-11-21-18(14-15)22-17-9-7-6-8-16(17)20(25)26-3/h6-11,14H,4-5,12-13H2,1-3H3,(H,21,22). The van der Waals surface area contributed by atoms with Gasteiger partial charge >= 0.3 is 5.97 Å². The van der Waals surface area contributed by atoms with Gasteiger partial charge in [-0.1, -0.05) is 26.0 Å². The Morgan fingerprint density at radius 1 is 1.12 bits per heavy atom. The molecule has 6 nitrogen and oxygen atoms in total. The number of pyridine rings is 1. The average molecular weight is 355 g/mol. The van der Waals surface area contributed by atoms with Gasteiger partial charge in [-0.15, -0.1) is 0 Å². The van der Waals surface area contributed by atoms with Crippen molar-refractivity contribution in [1.29, 1.82) is 0 Å². The number of hydrogen-bond acceptors (Lipinski definition) is 5. The molecule has 2 aromatic rings. The predicted molar refractivity (Wildman–Crippen MR) is 102 cm³/mol. The van der Waals surface area contributed by atoms with E-state index in [4.69, 9.17) is 4.74 Å². The van der Waals surface area contributed by atoms with Gasteiger partial charge in [-0.2, -0.15) is 0 Å². The van der Waals surface area contributed by atoms with Crippen molar-refractivity contribution in [3.05, 3.63) is 53.7 Å². The summed E-state index contributed by atoms with van der Waals surface area (Å²) in [6, 6.07) is 10.4. The molecule has 26 heavy (non-hydrogen) atoms. The molecule has 0 spiro atoms. The Labute approximate surface area is 154 Å². The second kappa shape index (κ2) is 9.56. The molecule has 2 rings (SSSR count). The van der Waals surface area contributed by atoms with Crippen molar-refractivity contribution < 1.29 is 14.3 Å². The van der Waals surface area contributed by atoms with Crippen molar-refractivity contribution >= 4 is 23.4 Å². The lowest BCUT2D eigenvalue weighted by molar-refractivity contribution is 0.0601. The Morgan fingerprint density at radius 2 is 1.81 bits per heavy atom. The maximum Gasteiger partial charge on any atom is 0.339 e. The monoisotopic (exact) mass is 355 g/mol. The van der Waals surface area contributed by atoms with E-state index < -0.39 is 5.97 Å². The number of aromatic nitrogens is 1. The number of ether oxygens (including phenoxy) is 1. The van der Waals surface area contributed by atoms with Gasteiger partial charge < -0.3 is 15.0 Å². The van der Waals surface area contributed by atoms with Crippen molar-refractivity contribution in [2.45, 2.75) is 26.7 Å². The topological polar surface area (TPSA) is 71.5 Å². The van der Waals surface area contributed by atoms with Crippen molar-refractivity contribution in [2.24, 2.45) is 0 Å². The molecule has 6 heteroatoms. The van der Waals surface area contributed by atoms with Crippen LogP contribution in [0.1, 0.15) is 47.4 Å². The molecular weight excluding hydrogens is 330 g/mol. The minimum Gasteiger partial charge on any atom is -0.465 e. The number of amides is 1. The van der Waals surface area contributed by atoms with Crippen LogP contribution in [0.5, 0.6) is 0 Å². The Kier molecular flexibility index (Phi) is 7.14. The first-order valence-electron chi connectivity index (χ1n) is 8.80. The highest BCUT2D eigenvalue weighted by Crippen LogP contribution is 2.21. The molecule has 0 saturated heterocycles. The maximum absolute atomic E-state index is 12.7. The van der Waals surface area contributed by atoms with Crippen LogP contribution in [-0.4, -0.2) is 42.0 Å². The van der Waals surface area contributed by atoms with E-state index >= 15 is 0 Å². The van der Waals surface area contributed by atoms with E-state index in [1.807, 2.05) is 11.0 Å². The highest BCUT2D eigenvalue weighted by atomic mass is 16.5. The van der Waals surface area contributed by atoms with Crippen LogP contribution in [0.4, 0.5) is 11.5 Å². The SMILES string of the molecule is CCCN(CCC)C(=O)c1ccnc(Nc2ccccc2C(=O)OC)c1. The van der Waals surface area contributed by atoms with Crippen molar-refractivity contribution in [3.8, 4) is 0 Å². The van der Waals surface area contributed by atoms with Crippen LogP contribution in [0, 0.1) is 0 Å². The number of benzene rings is 1. The van der Waals surface area contributed by atoms with Gasteiger partial charge in [0.15, 0.2) is 0 Å². The molecule has 0 bridgehead atoms. The summed E-state index contributed by atoms with van der Waals surface area (Å²) in [7, 11) is 1.34. The molecule has 0 saturated carbocycles. The van der Waals surface area contributed by atoms with Gasteiger partial charge in [-0.25, -0.2) is 9.78 Å². The lowest BCUT2D eigenvalue weighted by atomic mass is 10.1. The van der Waals surface area contributed by atoms with Crippen molar-refractivity contribution in [1.82, 2.24) is 9.88 Å². The van der Waals surface area contributed by atoms with Crippen LogP contribution in [0.3, 0.4) is 0 Å². The lowest BCUT2D eigenvalue weighted by Gasteiger charge is -2.21. The summed E-state index contributed by atoms with van der Waals surface area (Å²) in [4.78, 5) is 30.7. The Balaban J connectivity index is 2.25. The molecule has 1 amide bonds. The molecule has 0 unspecified atom stereocenters. The minimum absolute atomic E-state index is 0.0135. The summed E-state index contributed by atoms with van der Waals surface area (Å²) < 4.78 is 4.80. The fourth-order valence-electron chi connectivity index (χ4n) is 2.69. The highest BCUT2D eigenvalue weighted by molar-refractivity contribution is 5.97. The molecule has 0 aliphatic heterocycles. The second-order valence-electron chi connectivity index (χ2n) is 5.88. The number of rotatable bonds is 8. The summed E-state index contributed by atoms with van der Waals surface area (Å²) in [5, 5.41) is 3.10. The minimum atomic E-state index is -0.433. The first-order valence-corrected chi connectivity index (χ1v) is 8.80. The number of nitrogens with zero attached hydrogens (tertiary/aromatic N) is 2. The van der Waals surface area contributed by atoms with Gasteiger partial charge in [-0.05, 0) is 37.1 Å². The quantitative estimate of drug-likeness (QED) is 0.728. The lowest BCUT2D eigenvalue weighted by Crippen LogP contribution is -2.32. The van der Waals surface area contributed by atoms with E-state index in [1.54, 1.807) is 36.5 Å². The number of methoxy groups -OCH3 is 1. The van der Waals surface area contributed by atoms with E-state index in [2.05, 4.69) is 24.1 Å². The number of esters is 1. The Hall–Kier alpha value is -2.89. The van der Waals surface area contributed by atoms with E-state index in [1.165, 1.54) is 7.11 Å². The summed E-state index contributed by atoms with van der Waals surface area (Å²) >= 11 is 0. The van der Waals surface area contributed by atoms with Gasteiger partial charge in [-0.3, -0.25) is 4.79 Å². The third kappa shape index (κ3) is 4.81. The second-order valence-corrected chi connectivity index (χ2v) is 5.88. The third-order valence-electron chi connectivity index (χ3n) is 3.88. The average Bonchev–Trinajstić information content (AvgIpc) is 2.67. The van der Waals surface area contributed by atoms with Crippen LogP contribution in [0.25, 0.3) is 0 Å².